The van der Waals surface area contributed by atoms with Crippen LogP contribution in [0.1, 0.15) is 17.0 Å². The number of benzene rings is 2. The van der Waals surface area contributed by atoms with E-state index in [9.17, 15) is 0 Å². The maximum absolute atomic E-state index is 6.05. The minimum absolute atomic E-state index is 0.240. The molecule has 2 aromatic carbocycles. The first-order valence-electron chi connectivity index (χ1n) is 10.2. The number of rotatable bonds is 8. The van der Waals surface area contributed by atoms with Crippen molar-refractivity contribution < 1.29 is 18.6 Å². The summed E-state index contributed by atoms with van der Waals surface area (Å²) in [6.45, 7) is 1.07. The lowest BCUT2D eigenvalue weighted by molar-refractivity contribution is 0.160. The van der Waals surface area contributed by atoms with Crippen LogP contribution >= 0.6 is 0 Å². The molecule has 3 aromatic heterocycles. The summed E-state index contributed by atoms with van der Waals surface area (Å²) in [5, 5.41) is 10.2. The molecule has 0 amide bonds. The van der Waals surface area contributed by atoms with E-state index in [1.165, 1.54) is 0 Å². The zero-order chi connectivity index (χ0) is 21.9. The van der Waals surface area contributed by atoms with E-state index in [-0.39, 0.29) is 6.61 Å². The molecule has 0 spiro atoms. The van der Waals surface area contributed by atoms with E-state index >= 15 is 0 Å². The SMILES string of the molecule is COCc1nnc(-c2ncc3[nH]c4ccc(OCc5ccccc5)cc4c3c2COC)o1. The number of ether oxygens (including phenoxy) is 3. The molecule has 3 heterocycles. The normalized spacial score (nSPS) is 11.4. The first-order chi connectivity index (χ1) is 15.8. The van der Waals surface area contributed by atoms with Gasteiger partial charge in [0.2, 0.25) is 5.89 Å². The smallest absolute Gasteiger partial charge is 0.266 e. The fourth-order valence-electron chi connectivity index (χ4n) is 3.77. The second kappa shape index (κ2) is 8.78. The molecule has 8 nitrogen and oxygen atoms in total. The van der Waals surface area contributed by atoms with Gasteiger partial charge in [0.1, 0.15) is 24.7 Å². The van der Waals surface area contributed by atoms with Crippen molar-refractivity contribution in [2.24, 2.45) is 0 Å². The summed E-state index contributed by atoms with van der Waals surface area (Å²) in [7, 11) is 3.23. The summed E-state index contributed by atoms with van der Waals surface area (Å²) in [5.41, 5.74) is 4.44. The summed E-state index contributed by atoms with van der Waals surface area (Å²) in [4.78, 5) is 8.01. The summed E-state index contributed by atoms with van der Waals surface area (Å²) in [6.07, 6.45) is 1.77. The van der Waals surface area contributed by atoms with Crippen molar-refractivity contribution in [2.45, 2.75) is 19.8 Å². The largest absolute Gasteiger partial charge is 0.489 e. The fourth-order valence-corrected chi connectivity index (χ4v) is 3.77. The third-order valence-electron chi connectivity index (χ3n) is 5.18. The molecule has 0 saturated heterocycles. The van der Waals surface area contributed by atoms with Crippen LogP contribution in [0.4, 0.5) is 0 Å². The Balaban J connectivity index is 1.59. The third-order valence-corrected chi connectivity index (χ3v) is 5.18. The van der Waals surface area contributed by atoms with Gasteiger partial charge in [-0.05, 0) is 23.8 Å². The Morgan fingerprint density at radius 3 is 2.56 bits per heavy atom. The lowest BCUT2D eigenvalue weighted by Gasteiger charge is -2.08. The molecule has 0 aliphatic carbocycles. The highest BCUT2D eigenvalue weighted by molar-refractivity contribution is 6.10. The van der Waals surface area contributed by atoms with Gasteiger partial charge in [-0.15, -0.1) is 10.2 Å². The predicted molar refractivity (Wildman–Crippen MR) is 119 cm³/mol. The number of nitrogens with zero attached hydrogens (tertiary/aromatic N) is 3. The van der Waals surface area contributed by atoms with Crippen LogP contribution in [0, 0.1) is 0 Å². The zero-order valence-corrected chi connectivity index (χ0v) is 17.8. The number of H-pyrrole nitrogens is 1. The number of hydrogen-bond donors (Lipinski definition) is 1. The van der Waals surface area contributed by atoms with Crippen molar-refractivity contribution in [3.8, 4) is 17.3 Å². The minimum Gasteiger partial charge on any atom is -0.489 e. The number of pyridine rings is 1. The third kappa shape index (κ3) is 3.81. The van der Waals surface area contributed by atoms with Crippen molar-refractivity contribution >= 4 is 21.8 Å². The van der Waals surface area contributed by atoms with Gasteiger partial charge in [0.25, 0.3) is 5.89 Å². The minimum atomic E-state index is 0.240. The molecule has 8 heteroatoms. The summed E-state index contributed by atoms with van der Waals surface area (Å²) in [6, 6.07) is 16.1. The molecule has 32 heavy (non-hydrogen) atoms. The van der Waals surface area contributed by atoms with Gasteiger partial charge in [-0.25, -0.2) is 4.98 Å². The van der Waals surface area contributed by atoms with Gasteiger partial charge in [-0.3, -0.25) is 0 Å². The molecule has 5 rings (SSSR count). The molecular weight excluding hydrogens is 408 g/mol. The molecule has 0 aliphatic rings. The van der Waals surface area contributed by atoms with Crippen LogP contribution in [-0.4, -0.2) is 34.4 Å². The van der Waals surface area contributed by atoms with Crippen LogP contribution in [0.15, 0.2) is 59.1 Å². The van der Waals surface area contributed by atoms with Gasteiger partial charge < -0.3 is 23.6 Å². The number of nitrogens with one attached hydrogen (secondary N) is 1. The Hall–Kier alpha value is -3.75. The molecule has 0 fully saturated rings. The Labute approximate surface area is 184 Å². The van der Waals surface area contributed by atoms with Gasteiger partial charge in [-0.2, -0.15) is 0 Å². The van der Waals surface area contributed by atoms with Crippen molar-refractivity contribution in [3.05, 3.63) is 71.7 Å². The second-order valence-corrected chi connectivity index (χ2v) is 7.35. The van der Waals surface area contributed by atoms with Crippen molar-refractivity contribution in [3.63, 3.8) is 0 Å². The van der Waals surface area contributed by atoms with Crippen molar-refractivity contribution in [1.82, 2.24) is 20.2 Å². The average molecular weight is 430 g/mol. The van der Waals surface area contributed by atoms with E-state index in [0.717, 1.165) is 38.7 Å². The first kappa shape index (κ1) is 20.2. The van der Waals surface area contributed by atoms with E-state index in [4.69, 9.17) is 18.6 Å². The van der Waals surface area contributed by atoms with Crippen molar-refractivity contribution in [1.29, 1.82) is 0 Å². The highest BCUT2D eigenvalue weighted by Crippen LogP contribution is 2.35. The molecule has 1 N–H and O–H groups in total. The highest BCUT2D eigenvalue weighted by atomic mass is 16.5. The molecule has 0 bridgehead atoms. The quantitative estimate of drug-likeness (QED) is 0.383. The van der Waals surface area contributed by atoms with E-state index in [0.29, 0.717) is 30.7 Å². The summed E-state index contributed by atoms with van der Waals surface area (Å²) >= 11 is 0. The molecular formula is C24H22N4O4. The van der Waals surface area contributed by atoms with E-state index in [2.05, 4.69) is 20.2 Å². The van der Waals surface area contributed by atoms with Gasteiger partial charge >= 0.3 is 0 Å². The lowest BCUT2D eigenvalue weighted by Crippen LogP contribution is -1.97. The molecule has 0 aliphatic heterocycles. The molecule has 162 valence electrons. The van der Waals surface area contributed by atoms with Crippen LogP contribution in [0.5, 0.6) is 5.75 Å². The first-order valence-corrected chi connectivity index (χ1v) is 10.2. The van der Waals surface area contributed by atoms with E-state index < -0.39 is 0 Å². The maximum Gasteiger partial charge on any atom is 0.266 e. The molecule has 0 atom stereocenters. The number of methoxy groups -OCH3 is 2. The Bertz CT molecular complexity index is 1360. The summed E-state index contributed by atoms with van der Waals surface area (Å²) < 4.78 is 22.4. The van der Waals surface area contributed by atoms with Crippen LogP contribution in [-0.2, 0) is 29.3 Å². The maximum atomic E-state index is 6.05. The number of aromatic nitrogens is 4. The average Bonchev–Trinajstić information content (AvgIpc) is 3.43. The standard InChI is InChI=1S/C24H22N4O4/c1-29-13-18-22-17-10-16(31-12-15-6-4-3-5-7-15)8-9-19(17)26-20(22)11-25-23(18)24-28-27-21(32-24)14-30-2/h3-11,26H,12-14H2,1-2H3. The molecule has 5 aromatic rings. The van der Waals surface area contributed by atoms with Crippen molar-refractivity contribution in [2.75, 3.05) is 14.2 Å². The predicted octanol–water partition coefficient (Wildman–Crippen LogP) is 4.64. The van der Waals surface area contributed by atoms with Gasteiger partial charge in [0.15, 0.2) is 0 Å². The second-order valence-electron chi connectivity index (χ2n) is 7.35. The van der Waals surface area contributed by atoms with Crippen LogP contribution in [0.25, 0.3) is 33.4 Å². The lowest BCUT2D eigenvalue weighted by atomic mass is 10.1. The Morgan fingerprint density at radius 1 is 0.906 bits per heavy atom. The monoisotopic (exact) mass is 430 g/mol. The summed E-state index contributed by atoms with van der Waals surface area (Å²) in [5.74, 6) is 1.50. The number of hydrogen-bond acceptors (Lipinski definition) is 7. The Kier molecular flexibility index (Phi) is 5.53. The molecule has 0 unspecified atom stereocenters. The van der Waals surface area contributed by atoms with Crippen LogP contribution in [0.2, 0.25) is 0 Å². The fraction of sp³-hybridized carbons (Fsp3) is 0.208. The van der Waals surface area contributed by atoms with E-state index in [1.54, 1.807) is 20.4 Å². The highest BCUT2D eigenvalue weighted by Gasteiger charge is 2.20. The van der Waals surface area contributed by atoms with Gasteiger partial charge in [-0.1, -0.05) is 30.3 Å². The molecule has 0 saturated carbocycles. The topological polar surface area (TPSA) is 95.3 Å². The Morgan fingerprint density at radius 2 is 1.75 bits per heavy atom. The molecule has 0 radical (unpaired) electrons. The van der Waals surface area contributed by atoms with Gasteiger partial charge in [0, 0.05) is 36.1 Å². The number of fused-ring (bicyclic) bond motifs is 3. The van der Waals surface area contributed by atoms with E-state index in [1.807, 2.05) is 48.5 Å². The van der Waals surface area contributed by atoms with Gasteiger partial charge in [0.05, 0.1) is 18.3 Å². The van der Waals surface area contributed by atoms with Crippen LogP contribution in [0.3, 0.4) is 0 Å². The van der Waals surface area contributed by atoms with Crippen LogP contribution < -0.4 is 4.74 Å². The number of aromatic amines is 1. The zero-order valence-electron chi connectivity index (χ0n) is 17.8.